The number of hydrogen-bond donors (Lipinski definition) is 1. The number of esters is 1. The van der Waals surface area contributed by atoms with Gasteiger partial charge in [-0.05, 0) is 45.1 Å². The first-order valence-corrected chi connectivity index (χ1v) is 9.81. The molecule has 0 amide bonds. The normalized spacial score (nSPS) is 21.3. The maximum absolute atomic E-state index is 12.0. The number of nitrogens with zero attached hydrogens (tertiary/aromatic N) is 2. The summed E-state index contributed by atoms with van der Waals surface area (Å²) in [4.78, 5) is 13.0. The van der Waals surface area contributed by atoms with Crippen LogP contribution in [-0.4, -0.2) is 28.7 Å². The molecule has 1 saturated carbocycles. The molecule has 0 aromatic carbocycles. The lowest BCUT2D eigenvalue weighted by molar-refractivity contribution is 0.0517. The fourth-order valence-electron chi connectivity index (χ4n) is 3.46. The number of nitrogens with one attached hydrogen (secondary N) is 1. The Hall–Kier alpha value is -1.40. The molecule has 24 heavy (non-hydrogen) atoms. The lowest BCUT2D eigenvalue weighted by Crippen LogP contribution is -2.25. The summed E-state index contributed by atoms with van der Waals surface area (Å²) in [5.74, 6) is 1.39. The van der Waals surface area contributed by atoms with Gasteiger partial charge in [0.2, 0.25) is 0 Å². The van der Waals surface area contributed by atoms with Gasteiger partial charge in [-0.25, -0.2) is 9.31 Å². The lowest BCUT2D eigenvalue weighted by Gasteiger charge is -2.26. The highest BCUT2D eigenvalue weighted by atomic mass is 32.1. The summed E-state index contributed by atoms with van der Waals surface area (Å²) in [5, 5.41) is 9.98. The summed E-state index contributed by atoms with van der Waals surface area (Å²) in [6, 6.07) is 0. The Morgan fingerprint density at radius 1 is 1.42 bits per heavy atom. The maximum atomic E-state index is 12.0. The van der Waals surface area contributed by atoms with Gasteiger partial charge in [0, 0.05) is 17.5 Å². The zero-order valence-corrected chi connectivity index (χ0v) is 15.6. The van der Waals surface area contributed by atoms with Crippen molar-refractivity contribution < 1.29 is 9.53 Å². The minimum atomic E-state index is -0.304. The Morgan fingerprint density at radius 2 is 2.17 bits per heavy atom. The van der Waals surface area contributed by atoms with Gasteiger partial charge in [0.05, 0.1) is 12.3 Å². The Bertz CT molecular complexity index is 698. The van der Waals surface area contributed by atoms with E-state index in [1.54, 1.807) is 15.9 Å². The van der Waals surface area contributed by atoms with Crippen LogP contribution in [0.4, 0.5) is 0 Å². The largest absolute Gasteiger partial charge is 0.461 e. The van der Waals surface area contributed by atoms with Crippen LogP contribution < -0.4 is 5.32 Å². The predicted molar refractivity (Wildman–Crippen MR) is 96.6 cm³/mol. The number of carbonyl (C=O) groups excluding carboxylic acids is 1. The molecule has 0 bridgehead atoms. The van der Waals surface area contributed by atoms with Gasteiger partial charge in [-0.2, -0.15) is 5.10 Å². The average molecular weight is 350 g/mol. The van der Waals surface area contributed by atoms with Gasteiger partial charge >= 0.3 is 5.97 Å². The Morgan fingerprint density at radius 3 is 2.88 bits per heavy atom. The van der Waals surface area contributed by atoms with Crippen LogP contribution in [0, 0.1) is 18.8 Å². The van der Waals surface area contributed by atoms with Crippen molar-refractivity contribution in [1.82, 2.24) is 14.9 Å². The summed E-state index contributed by atoms with van der Waals surface area (Å²) >= 11 is 1.56. The van der Waals surface area contributed by atoms with Crippen LogP contribution in [0.3, 0.4) is 0 Å². The minimum Gasteiger partial charge on any atom is -0.461 e. The predicted octanol–water partition coefficient (Wildman–Crippen LogP) is 3.80. The number of rotatable bonds is 6. The molecule has 0 aliphatic heterocycles. The van der Waals surface area contributed by atoms with E-state index in [-0.39, 0.29) is 5.97 Å². The molecule has 6 heteroatoms. The molecule has 1 aliphatic rings. The monoisotopic (exact) mass is 349 g/mol. The number of hydrogen-bond acceptors (Lipinski definition) is 5. The molecule has 0 atom stereocenters. The van der Waals surface area contributed by atoms with E-state index in [2.05, 4.69) is 17.3 Å². The van der Waals surface area contributed by atoms with Crippen LogP contribution in [-0.2, 0) is 11.3 Å². The molecule has 0 spiro atoms. The molecular weight excluding hydrogens is 322 g/mol. The smallest absolute Gasteiger partial charge is 0.357 e. The molecule has 3 rings (SSSR count). The molecule has 2 aromatic heterocycles. The van der Waals surface area contributed by atoms with E-state index in [4.69, 9.17) is 4.74 Å². The highest BCUT2D eigenvalue weighted by Gasteiger charge is 2.20. The number of thiazole rings is 1. The second kappa shape index (κ2) is 7.66. The fourth-order valence-corrected chi connectivity index (χ4v) is 4.48. The molecule has 1 fully saturated rings. The van der Waals surface area contributed by atoms with Crippen molar-refractivity contribution in [3.63, 3.8) is 0 Å². The van der Waals surface area contributed by atoms with Crippen LogP contribution in [0.25, 0.3) is 4.83 Å². The number of carbonyl (C=O) groups is 1. The van der Waals surface area contributed by atoms with Crippen molar-refractivity contribution in [2.24, 2.45) is 11.8 Å². The first-order valence-electron chi connectivity index (χ1n) is 8.93. The Kier molecular flexibility index (Phi) is 5.56. The van der Waals surface area contributed by atoms with Crippen LogP contribution in [0.2, 0.25) is 0 Å². The summed E-state index contributed by atoms with van der Waals surface area (Å²) in [5.41, 5.74) is 2.70. The van der Waals surface area contributed by atoms with E-state index < -0.39 is 0 Å². The summed E-state index contributed by atoms with van der Waals surface area (Å²) in [6.45, 7) is 8.44. The summed E-state index contributed by atoms with van der Waals surface area (Å²) < 4.78 is 6.84. The number of ether oxygens (including phenoxy) is 1. The van der Waals surface area contributed by atoms with Crippen molar-refractivity contribution in [2.45, 2.75) is 53.0 Å². The summed E-state index contributed by atoms with van der Waals surface area (Å²) in [6.07, 6.45) is 5.39. The second-order valence-electron chi connectivity index (χ2n) is 6.88. The summed E-state index contributed by atoms with van der Waals surface area (Å²) in [7, 11) is 0. The Labute approximate surface area is 147 Å². The Balaban J connectivity index is 1.64. The number of aryl methyl sites for hydroxylation is 1. The average Bonchev–Trinajstić information content (AvgIpc) is 3.09. The minimum absolute atomic E-state index is 0.304. The van der Waals surface area contributed by atoms with Crippen molar-refractivity contribution in [3.05, 3.63) is 22.3 Å². The number of aromatic nitrogens is 2. The second-order valence-corrected chi connectivity index (χ2v) is 7.74. The highest BCUT2D eigenvalue weighted by molar-refractivity contribution is 7.16. The standard InChI is InChI=1S/C18H27N3O2S/c1-4-23-18(22)16-11-24-17-15(13(3)20-21(16)17)10-19-9-14-7-5-12(2)6-8-14/h11-12,14,19H,4-10H2,1-3H3. The van der Waals surface area contributed by atoms with Gasteiger partial charge in [0.25, 0.3) is 0 Å². The first-order chi connectivity index (χ1) is 11.6. The highest BCUT2D eigenvalue weighted by Crippen LogP contribution is 2.28. The molecule has 1 aliphatic carbocycles. The molecule has 5 nitrogen and oxygen atoms in total. The molecule has 0 saturated heterocycles. The fraction of sp³-hybridized carbons (Fsp3) is 0.667. The third-order valence-corrected chi connectivity index (χ3v) is 5.99. The van der Waals surface area contributed by atoms with E-state index in [0.29, 0.717) is 12.3 Å². The molecule has 2 heterocycles. The van der Waals surface area contributed by atoms with Gasteiger partial charge in [0.1, 0.15) is 4.83 Å². The van der Waals surface area contributed by atoms with Gasteiger partial charge < -0.3 is 10.1 Å². The van der Waals surface area contributed by atoms with Gasteiger partial charge in [0.15, 0.2) is 5.69 Å². The van der Waals surface area contributed by atoms with Gasteiger partial charge in [-0.3, -0.25) is 0 Å². The van der Waals surface area contributed by atoms with Crippen molar-refractivity contribution in [3.8, 4) is 0 Å². The third-order valence-electron chi connectivity index (χ3n) is 5.00. The van der Waals surface area contributed by atoms with Crippen LogP contribution in [0.1, 0.15) is 61.3 Å². The molecule has 0 unspecified atom stereocenters. The van der Waals surface area contributed by atoms with Crippen molar-refractivity contribution in [2.75, 3.05) is 13.2 Å². The third kappa shape index (κ3) is 3.64. The zero-order chi connectivity index (χ0) is 17.1. The van der Waals surface area contributed by atoms with Gasteiger partial charge in [-0.1, -0.05) is 19.8 Å². The van der Waals surface area contributed by atoms with Gasteiger partial charge in [-0.15, -0.1) is 11.3 Å². The molecule has 0 radical (unpaired) electrons. The number of fused-ring (bicyclic) bond motifs is 1. The van der Waals surface area contributed by atoms with Crippen LogP contribution in [0.15, 0.2) is 5.38 Å². The lowest BCUT2D eigenvalue weighted by atomic mass is 9.83. The molecule has 2 aromatic rings. The van der Waals surface area contributed by atoms with E-state index in [9.17, 15) is 4.79 Å². The first kappa shape index (κ1) is 17.4. The van der Waals surface area contributed by atoms with E-state index >= 15 is 0 Å². The molecular formula is C18H27N3O2S. The van der Waals surface area contributed by atoms with Crippen LogP contribution >= 0.6 is 11.3 Å². The van der Waals surface area contributed by atoms with E-state index in [1.165, 1.54) is 31.2 Å². The van der Waals surface area contributed by atoms with E-state index in [1.807, 2.05) is 19.2 Å². The SMILES string of the molecule is CCOC(=O)c1csc2c(CNCC3CCC(C)CC3)c(C)nn12. The van der Waals surface area contributed by atoms with Crippen molar-refractivity contribution in [1.29, 1.82) is 0 Å². The maximum Gasteiger partial charge on any atom is 0.357 e. The quantitative estimate of drug-likeness (QED) is 0.806. The van der Waals surface area contributed by atoms with E-state index in [0.717, 1.165) is 35.4 Å². The van der Waals surface area contributed by atoms with Crippen LogP contribution in [0.5, 0.6) is 0 Å². The molecule has 1 N–H and O–H groups in total. The topological polar surface area (TPSA) is 55.6 Å². The zero-order valence-electron chi connectivity index (χ0n) is 14.8. The molecule has 132 valence electrons. The van der Waals surface area contributed by atoms with Crippen molar-refractivity contribution >= 4 is 22.1 Å².